The summed E-state index contributed by atoms with van der Waals surface area (Å²) in [4.78, 5) is 9.34. The van der Waals surface area contributed by atoms with E-state index in [1.54, 1.807) is 24.5 Å². The molecule has 0 atom stereocenters. The van der Waals surface area contributed by atoms with E-state index in [0.29, 0.717) is 5.56 Å². The van der Waals surface area contributed by atoms with Gasteiger partial charge in [-0.2, -0.15) is 0 Å². The largest absolute Gasteiger partial charge is 0.254 e. The van der Waals surface area contributed by atoms with Crippen LogP contribution in [0.25, 0.3) is 21.1 Å². The molecule has 0 aliphatic heterocycles. The van der Waals surface area contributed by atoms with Crippen LogP contribution < -0.4 is 0 Å². The molecule has 2 nitrogen and oxygen atoms in total. The van der Waals surface area contributed by atoms with E-state index in [9.17, 15) is 4.39 Å². The van der Waals surface area contributed by atoms with Crippen molar-refractivity contribution in [2.45, 2.75) is 0 Å². The van der Waals surface area contributed by atoms with Crippen LogP contribution >= 0.6 is 11.3 Å². The molecular weight excluding hydrogens is 247 g/mol. The van der Waals surface area contributed by atoms with Gasteiger partial charge in [0.1, 0.15) is 10.8 Å². The second-order valence-corrected chi connectivity index (χ2v) is 4.76. The molecule has 4 heteroatoms. The molecule has 3 rings (SSSR count). The Labute approximate surface area is 108 Å². The molecule has 0 fully saturated rings. The van der Waals surface area contributed by atoms with Gasteiger partial charge < -0.3 is 0 Å². The van der Waals surface area contributed by atoms with E-state index in [1.165, 1.54) is 17.4 Å². The average molecular weight is 256 g/mol. The summed E-state index contributed by atoms with van der Waals surface area (Å²) in [5.74, 6) is -0.228. The second kappa shape index (κ2) is 4.66. The number of aromatic nitrogens is 2. The highest BCUT2D eigenvalue weighted by Gasteiger charge is 2.10. The molecule has 0 aliphatic rings. The van der Waals surface area contributed by atoms with Crippen LogP contribution in [0, 0.1) is 5.82 Å². The molecule has 18 heavy (non-hydrogen) atoms. The summed E-state index contributed by atoms with van der Waals surface area (Å²) in [5, 5.41) is 0.800. The molecule has 0 saturated carbocycles. The van der Waals surface area contributed by atoms with Gasteiger partial charge in [-0.25, -0.2) is 9.37 Å². The van der Waals surface area contributed by atoms with Crippen LogP contribution in [0.1, 0.15) is 0 Å². The van der Waals surface area contributed by atoms with Gasteiger partial charge in [0, 0.05) is 18.0 Å². The summed E-state index contributed by atoms with van der Waals surface area (Å²) in [5.41, 5.74) is 1.39. The zero-order valence-corrected chi connectivity index (χ0v) is 10.2. The van der Waals surface area contributed by atoms with Crippen LogP contribution in [-0.4, -0.2) is 9.97 Å². The lowest BCUT2D eigenvalue weighted by atomic mass is 10.2. The van der Waals surface area contributed by atoms with Crippen molar-refractivity contribution in [3.05, 3.63) is 60.7 Å². The third kappa shape index (κ3) is 2.02. The Bertz CT molecular complexity index is 664. The highest BCUT2D eigenvalue weighted by molar-refractivity contribution is 7.18. The Kier molecular flexibility index (Phi) is 2.86. The lowest BCUT2D eigenvalue weighted by Gasteiger charge is -1.97. The number of hydrogen-bond donors (Lipinski definition) is 0. The molecular formula is C14H9FN2S. The van der Waals surface area contributed by atoms with E-state index in [2.05, 4.69) is 9.97 Å². The Morgan fingerprint density at radius 1 is 0.944 bits per heavy atom. The van der Waals surface area contributed by atoms with Gasteiger partial charge in [-0.15, -0.1) is 11.3 Å². The summed E-state index contributed by atoms with van der Waals surface area (Å²) in [6.07, 6.45) is 3.41. The normalized spacial score (nSPS) is 10.5. The van der Waals surface area contributed by atoms with E-state index in [0.717, 1.165) is 15.6 Å². The van der Waals surface area contributed by atoms with Crippen LogP contribution in [0.15, 0.2) is 54.9 Å². The van der Waals surface area contributed by atoms with Crippen molar-refractivity contribution in [1.82, 2.24) is 9.97 Å². The standard InChI is InChI=1S/C14H9FN2S/c15-11-6-2-1-5-10(11)13-9-17-14(18-13)12-7-3-4-8-16-12/h1-9H. The minimum atomic E-state index is -0.228. The lowest BCUT2D eigenvalue weighted by molar-refractivity contribution is 0.631. The first-order chi connectivity index (χ1) is 8.84. The molecule has 0 unspecified atom stereocenters. The molecule has 0 aliphatic carbocycles. The first-order valence-corrected chi connectivity index (χ1v) is 6.28. The highest BCUT2D eigenvalue weighted by atomic mass is 32.1. The number of benzene rings is 1. The molecule has 1 aromatic carbocycles. The fourth-order valence-electron chi connectivity index (χ4n) is 1.67. The number of thiazole rings is 1. The molecule has 88 valence electrons. The quantitative estimate of drug-likeness (QED) is 0.692. The Morgan fingerprint density at radius 2 is 1.78 bits per heavy atom. The third-order valence-corrected chi connectivity index (χ3v) is 3.58. The minimum Gasteiger partial charge on any atom is -0.254 e. The van der Waals surface area contributed by atoms with Crippen LogP contribution in [0.3, 0.4) is 0 Å². The number of nitrogens with zero attached hydrogens (tertiary/aromatic N) is 2. The zero-order valence-electron chi connectivity index (χ0n) is 9.38. The number of halogens is 1. The average Bonchev–Trinajstić information content (AvgIpc) is 2.90. The van der Waals surface area contributed by atoms with E-state index in [1.807, 2.05) is 24.3 Å². The second-order valence-electron chi connectivity index (χ2n) is 3.72. The molecule has 0 saturated heterocycles. The molecule has 0 N–H and O–H groups in total. The Balaban J connectivity index is 2.03. The molecule has 2 aromatic heterocycles. The summed E-state index contributed by atoms with van der Waals surface area (Å²) >= 11 is 1.44. The van der Waals surface area contributed by atoms with E-state index < -0.39 is 0 Å². The molecule has 2 heterocycles. The Morgan fingerprint density at radius 3 is 2.56 bits per heavy atom. The summed E-state index contributed by atoms with van der Waals surface area (Å²) in [6.45, 7) is 0. The van der Waals surface area contributed by atoms with Gasteiger partial charge in [-0.1, -0.05) is 24.3 Å². The summed E-state index contributed by atoms with van der Waals surface area (Å²) in [7, 11) is 0. The van der Waals surface area contributed by atoms with Gasteiger partial charge in [-0.05, 0) is 18.2 Å². The lowest BCUT2D eigenvalue weighted by Crippen LogP contribution is -1.78. The first kappa shape index (κ1) is 11.0. The van der Waals surface area contributed by atoms with Crippen LogP contribution in [0.2, 0.25) is 0 Å². The van der Waals surface area contributed by atoms with Crippen LogP contribution in [0.4, 0.5) is 4.39 Å². The van der Waals surface area contributed by atoms with E-state index in [4.69, 9.17) is 0 Å². The number of rotatable bonds is 2. The van der Waals surface area contributed by atoms with Gasteiger partial charge in [0.05, 0.1) is 10.6 Å². The number of hydrogen-bond acceptors (Lipinski definition) is 3. The van der Waals surface area contributed by atoms with Crippen molar-refractivity contribution in [3.8, 4) is 21.1 Å². The van der Waals surface area contributed by atoms with Crippen molar-refractivity contribution >= 4 is 11.3 Å². The van der Waals surface area contributed by atoms with Gasteiger partial charge in [0.25, 0.3) is 0 Å². The van der Waals surface area contributed by atoms with Crippen molar-refractivity contribution in [1.29, 1.82) is 0 Å². The van der Waals surface area contributed by atoms with Crippen molar-refractivity contribution < 1.29 is 4.39 Å². The maximum atomic E-state index is 13.7. The molecule has 0 bridgehead atoms. The monoisotopic (exact) mass is 256 g/mol. The van der Waals surface area contributed by atoms with Gasteiger partial charge >= 0.3 is 0 Å². The number of pyridine rings is 1. The van der Waals surface area contributed by atoms with E-state index >= 15 is 0 Å². The summed E-state index contributed by atoms with van der Waals surface area (Å²) in [6, 6.07) is 12.4. The highest BCUT2D eigenvalue weighted by Crippen LogP contribution is 2.32. The smallest absolute Gasteiger partial charge is 0.142 e. The SMILES string of the molecule is Fc1ccccc1-c1cnc(-c2ccccn2)s1. The fourth-order valence-corrected chi connectivity index (χ4v) is 2.59. The predicted octanol–water partition coefficient (Wildman–Crippen LogP) is 4.01. The van der Waals surface area contributed by atoms with E-state index in [-0.39, 0.29) is 5.82 Å². The van der Waals surface area contributed by atoms with Crippen LogP contribution in [0.5, 0.6) is 0 Å². The topological polar surface area (TPSA) is 25.8 Å². The summed E-state index contributed by atoms with van der Waals surface area (Å²) < 4.78 is 13.7. The molecule has 0 radical (unpaired) electrons. The van der Waals surface area contributed by atoms with Gasteiger partial charge in [0.2, 0.25) is 0 Å². The third-order valence-electron chi connectivity index (χ3n) is 2.53. The van der Waals surface area contributed by atoms with Crippen molar-refractivity contribution in [2.75, 3.05) is 0 Å². The minimum absolute atomic E-state index is 0.228. The van der Waals surface area contributed by atoms with Gasteiger partial charge in [-0.3, -0.25) is 4.98 Å². The maximum Gasteiger partial charge on any atom is 0.142 e. The van der Waals surface area contributed by atoms with Crippen LogP contribution in [-0.2, 0) is 0 Å². The predicted molar refractivity (Wildman–Crippen MR) is 70.7 cm³/mol. The van der Waals surface area contributed by atoms with Gasteiger partial charge in [0.15, 0.2) is 0 Å². The maximum absolute atomic E-state index is 13.7. The Hall–Kier alpha value is -2.07. The first-order valence-electron chi connectivity index (χ1n) is 5.47. The van der Waals surface area contributed by atoms with Crippen molar-refractivity contribution in [3.63, 3.8) is 0 Å². The molecule has 0 amide bonds. The molecule has 0 spiro atoms. The fraction of sp³-hybridized carbons (Fsp3) is 0. The molecule has 3 aromatic rings. The van der Waals surface area contributed by atoms with Crippen molar-refractivity contribution in [2.24, 2.45) is 0 Å². The zero-order chi connectivity index (χ0) is 12.4.